The SMILES string of the molecule is Cn1ccnc1-c1nc(N2CCC(CO)C2)c2c(-c3cscn3)c(-c3ccccc3Cl)sc2n1. The number of halogens is 1. The molecule has 172 valence electrons. The van der Waals surface area contributed by atoms with Crippen molar-refractivity contribution in [3.63, 3.8) is 0 Å². The summed E-state index contributed by atoms with van der Waals surface area (Å²) in [5.41, 5.74) is 4.69. The van der Waals surface area contributed by atoms with Gasteiger partial charge in [0.2, 0.25) is 0 Å². The van der Waals surface area contributed by atoms with Crippen molar-refractivity contribution < 1.29 is 5.11 Å². The third kappa shape index (κ3) is 3.60. The number of aryl methyl sites for hydroxylation is 1. The molecule has 7 nitrogen and oxygen atoms in total. The van der Waals surface area contributed by atoms with Gasteiger partial charge in [-0.3, -0.25) is 0 Å². The van der Waals surface area contributed by atoms with E-state index in [1.165, 1.54) is 0 Å². The van der Waals surface area contributed by atoms with E-state index in [0.29, 0.717) is 16.7 Å². The minimum absolute atomic E-state index is 0.171. The number of imidazole rings is 1. The van der Waals surface area contributed by atoms with Crippen LogP contribution in [0, 0.1) is 5.92 Å². The lowest BCUT2D eigenvalue weighted by atomic mass is 10.0. The van der Waals surface area contributed by atoms with Crippen molar-refractivity contribution >= 4 is 50.3 Å². The van der Waals surface area contributed by atoms with Gasteiger partial charge in [0.15, 0.2) is 11.6 Å². The Morgan fingerprint density at radius 3 is 2.79 bits per heavy atom. The predicted molar refractivity (Wildman–Crippen MR) is 139 cm³/mol. The van der Waals surface area contributed by atoms with Crippen LogP contribution in [0.1, 0.15) is 6.42 Å². The largest absolute Gasteiger partial charge is 0.396 e. The number of aromatic nitrogens is 5. The van der Waals surface area contributed by atoms with Crippen LogP contribution >= 0.6 is 34.3 Å². The number of thiophene rings is 1. The molecule has 1 N–H and O–H groups in total. The number of fused-ring (bicyclic) bond motifs is 1. The molecule has 0 bridgehead atoms. The maximum Gasteiger partial charge on any atom is 0.199 e. The third-order valence-corrected chi connectivity index (χ3v) is 8.24. The summed E-state index contributed by atoms with van der Waals surface area (Å²) in [6.07, 6.45) is 4.57. The standard InChI is InChI=1S/C24H21ClN6OS2/c1-30-9-7-26-23(30)21-28-22(31-8-6-14(10-31)11-32)19-18(17-12-33-13-27-17)20(34-24(19)29-21)15-4-2-3-5-16(15)25/h2-5,7,9,12-14,32H,6,8,10-11H2,1H3. The average molecular weight is 509 g/mol. The monoisotopic (exact) mass is 508 g/mol. The fraction of sp³-hybridized carbons (Fsp3) is 0.250. The molecule has 0 spiro atoms. The van der Waals surface area contributed by atoms with Crippen molar-refractivity contribution in [1.82, 2.24) is 24.5 Å². The number of aliphatic hydroxyl groups is 1. The summed E-state index contributed by atoms with van der Waals surface area (Å²) >= 11 is 9.82. The van der Waals surface area contributed by atoms with Crippen LogP contribution in [0.15, 0.2) is 47.5 Å². The van der Waals surface area contributed by atoms with Crippen molar-refractivity contribution in [2.24, 2.45) is 13.0 Å². The first-order chi connectivity index (χ1) is 16.6. The highest BCUT2D eigenvalue weighted by Crippen LogP contribution is 2.49. The zero-order valence-corrected chi connectivity index (χ0v) is 20.7. The number of rotatable bonds is 5. The highest BCUT2D eigenvalue weighted by molar-refractivity contribution is 7.22. The molecule has 5 heterocycles. The molecule has 4 aromatic heterocycles. The summed E-state index contributed by atoms with van der Waals surface area (Å²) in [5.74, 6) is 2.38. The van der Waals surface area contributed by atoms with E-state index < -0.39 is 0 Å². The van der Waals surface area contributed by atoms with E-state index in [9.17, 15) is 5.11 Å². The molecule has 1 aromatic carbocycles. The van der Waals surface area contributed by atoms with Gasteiger partial charge in [-0.05, 0) is 12.5 Å². The van der Waals surface area contributed by atoms with Gasteiger partial charge in [-0.15, -0.1) is 22.7 Å². The van der Waals surface area contributed by atoms with Crippen molar-refractivity contribution in [2.75, 3.05) is 24.6 Å². The minimum Gasteiger partial charge on any atom is -0.396 e. The molecule has 1 aliphatic rings. The minimum atomic E-state index is 0.171. The van der Waals surface area contributed by atoms with Crippen LogP contribution in [0.3, 0.4) is 0 Å². The lowest BCUT2D eigenvalue weighted by molar-refractivity contribution is 0.238. The van der Waals surface area contributed by atoms with Crippen LogP contribution in [0.5, 0.6) is 0 Å². The quantitative estimate of drug-likeness (QED) is 0.344. The van der Waals surface area contributed by atoms with Crippen molar-refractivity contribution in [1.29, 1.82) is 0 Å². The fourth-order valence-corrected chi connectivity index (χ4v) is 6.53. The van der Waals surface area contributed by atoms with E-state index in [4.69, 9.17) is 21.6 Å². The first-order valence-electron chi connectivity index (χ1n) is 11.0. The molecular weight excluding hydrogens is 488 g/mol. The number of thiazole rings is 1. The Kier molecular flexibility index (Phi) is 5.57. The van der Waals surface area contributed by atoms with E-state index in [2.05, 4.69) is 20.2 Å². The molecule has 1 aliphatic heterocycles. The number of hydrogen-bond donors (Lipinski definition) is 1. The second-order valence-corrected chi connectivity index (χ2v) is 10.5. The van der Waals surface area contributed by atoms with E-state index in [1.54, 1.807) is 28.9 Å². The highest BCUT2D eigenvalue weighted by atomic mass is 35.5. The molecule has 1 unspecified atom stereocenters. The number of anilines is 1. The second-order valence-electron chi connectivity index (χ2n) is 8.36. The first kappa shape index (κ1) is 21.7. The van der Waals surface area contributed by atoms with E-state index in [-0.39, 0.29) is 12.5 Å². The molecule has 1 atom stereocenters. The van der Waals surface area contributed by atoms with E-state index >= 15 is 0 Å². The summed E-state index contributed by atoms with van der Waals surface area (Å²) in [6, 6.07) is 7.87. The molecule has 34 heavy (non-hydrogen) atoms. The summed E-state index contributed by atoms with van der Waals surface area (Å²) in [4.78, 5) is 23.3. The fourth-order valence-electron chi connectivity index (χ4n) is 4.48. The van der Waals surface area contributed by atoms with Crippen LogP contribution in [0.4, 0.5) is 5.82 Å². The zero-order chi connectivity index (χ0) is 23.2. The normalized spacial score (nSPS) is 16.1. The van der Waals surface area contributed by atoms with Gasteiger partial charge in [0.1, 0.15) is 10.6 Å². The first-order valence-corrected chi connectivity index (χ1v) is 13.1. The Morgan fingerprint density at radius 1 is 1.21 bits per heavy atom. The van der Waals surface area contributed by atoms with Crippen LogP contribution in [-0.2, 0) is 7.05 Å². The average Bonchev–Trinajstić information content (AvgIpc) is 3.64. The molecule has 10 heteroatoms. The second kappa shape index (κ2) is 8.74. The van der Waals surface area contributed by atoms with Crippen LogP contribution in [0.2, 0.25) is 5.02 Å². The molecule has 0 radical (unpaired) electrons. The van der Waals surface area contributed by atoms with Gasteiger partial charge in [0.05, 0.1) is 16.6 Å². The van der Waals surface area contributed by atoms with Gasteiger partial charge in [0, 0.05) is 71.5 Å². The van der Waals surface area contributed by atoms with Crippen molar-refractivity contribution in [2.45, 2.75) is 6.42 Å². The number of benzene rings is 1. The molecule has 1 fully saturated rings. The Hall–Kier alpha value is -2.85. The van der Waals surface area contributed by atoms with E-state index in [1.807, 2.05) is 47.6 Å². The summed E-state index contributed by atoms with van der Waals surface area (Å²) in [6.45, 7) is 1.74. The van der Waals surface area contributed by atoms with Gasteiger partial charge in [-0.1, -0.05) is 29.8 Å². The Bertz CT molecular complexity index is 1480. The molecular formula is C24H21ClN6OS2. The Balaban J connectivity index is 1.68. The van der Waals surface area contributed by atoms with Crippen LogP contribution in [0.25, 0.3) is 43.6 Å². The van der Waals surface area contributed by atoms with Crippen LogP contribution < -0.4 is 4.90 Å². The van der Waals surface area contributed by atoms with E-state index in [0.717, 1.165) is 57.2 Å². The number of aliphatic hydroxyl groups excluding tert-OH is 1. The number of hydrogen-bond acceptors (Lipinski definition) is 8. The number of nitrogens with zero attached hydrogens (tertiary/aromatic N) is 6. The Labute approximate surface area is 209 Å². The Morgan fingerprint density at radius 2 is 2.09 bits per heavy atom. The highest BCUT2D eigenvalue weighted by Gasteiger charge is 2.30. The summed E-state index contributed by atoms with van der Waals surface area (Å²) in [7, 11) is 1.94. The van der Waals surface area contributed by atoms with Gasteiger partial charge < -0.3 is 14.6 Å². The lowest BCUT2D eigenvalue weighted by Gasteiger charge is -2.20. The molecule has 0 aliphatic carbocycles. The topological polar surface area (TPSA) is 80.0 Å². The molecule has 0 saturated carbocycles. The molecule has 6 rings (SSSR count). The maximum atomic E-state index is 9.78. The summed E-state index contributed by atoms with van der Waals surface area (Å²) < 4.78 is 1.93. The zero-order valence-electron chi connectivity index (χ0n) is 18.3. The third-order valence-electron chi connectivity index (χ3n) is 6.20. The molecule has 1 saturated heterocycles. The van der Waals surface area contributed by atoms with Crippen LogP contribution in [-0.4, -0.2) is 49.3 Å². The lowest BCUT2D eigenvalue weighted by Crippen LogP contribution is -2.22. The summed E-state index contributed by atoms with van der Waals surface area (Å²) in [5, 5.41) is 13.5. The molecule has 5 aromatic rings. The van der Waals surface area contributed by atoms with Crippen molar-refractivity contribution in [3.05, 3.63) is 52.6 Å². The predicted octanol–water partition coefficient (Wildman–Crippen LogP) is 5.35. The maximum absolute atomic E-state index is 9.78. The van der Waals surface area contributed by atoms with Gasteiger partial charge >= 0.3 is 0 Å². The van der Waals surface area contributed by atoms with Crippen molar-refractivity contribution in [3.8, 4) is 33.3 Å². The van der Waals surface area contributed by atoms with Gasteiger partial charge in [-0.25, -0.2) is 19.9 Å². The van der Waals surface area contributed by atoms with Gasteiger partial charge in [-0.2, -0.15) is 0 Å². The molecule has 0 amide bonds. The smallest absolute Gasteiger partial charge is 0.199 e. The van der Waals surface area contributed by atoms with Gasteiger partial charge in [0.25, 0.3) is 0 Å².